The SMILES string of the molecule is CC[O-].[Fe+2].[Li+].[Li+].[O-2]. The van der Waals surface area contributed by atoms with E-state index in [2.05, 4.69) is 0 Å². The minimum atomic E-state index is 0. The number of rotatable bonds is 0. The zero-order chi connectivity index (χ0) is 2.71. The van der Waals surface area contributed by atoms with Crippen LogP contribution in [0.25, 0.3) is 0 Å². The quantitative estimate of drug-likeness (QED) is 0.301. The van der Waals surface area contributed by atoms with Crippen LogP contribution < -0.4 is 42.8 Å². The summed E-state index contributed by atoms with van der Waals surface area (Å²) in [6, 6.07) is 0. The first-order valence-corrected chi connectivity index (χ1v) is 0.996. The minimum absolute atomic E-state index is 0. The van der Waals surface area contributed by atoms with E-state index in [9.17, 15) is 0 Å². The van der Waals surface area contributed by atoms with Crippen molar-refractivity contribution < 1.29 is 65.4 Å². The van der Waals surface area contributed by atoms with Gasteiger partial charge < -0.3 is 10.6 Å². The fourth-order valence-electron chi connectivity index (χ4n) is 0. The Morgan fingerprint density at radius 2 is 1.29 bits per heavy atom. The first-order chi connectivity index (χ1) is 1.41. The Morgan fingerprint density at radius 3 is 1.29 bits per heavy atom. The van der Waals surface area contributed by atoms with E-state index in [1.165, 1.54) is 0 Å². The van der Waals surface area contributed by atoms with Crippen molar-refractivity contribution in [1.82, 2.24) is 0 Å². The molecule has 0 bridgehead atoms. The van der Waals surface area contributed by atoms with Crippen LogP contribution >= 0.6 is 0 Å². The number of hydrogen-bond acceptors (Lipinski definition) is 1. The third kappa shape index (κ3) is 90.7. The molecule has 0 fully saturated rings. The second kappa shape index (κ2) is 48.4. The van der Waals surface area contributed by atoms with Crippen molar-refractivity contribution >= 4 is 0 Å². The molecule has 0 heterocycles. The van der Waals surface area contributed by atoms with Gasteiger partial charge in [-0.1, -0.05) is 6.92 Å². The van der Waals surface area contributed by atoms with Crippen molar-refractivity contribution in [3.05, 3.63) is 0 Å². The predicted octanol–water partition coefficient (Wildman–Crippen LogP) is -6.75. The fraction of sp³-hybridized carbons (Fsp3) is 1.00. The Kier molecular flexibility index (Phi) is 264. The molecule has 0 radical (unpaired) electrons. The van der Waals surface area contributed by atoms with E-state index in [0.29, 0.717) is 0 Å². The summed E-state index contributed by atoms with van der Waals surface area (Å²) in [7, 11) is 0. The largest absolute Gasteiger partial charge is 2.00 e. The zero-order valence-corrected chi connectivity index (χ0v) is 5.98. The molecule has 7 heavy (non-hydrogen) atoms. The van der Waals surface area contributed by atoms with Crippen LogP contribution in [0.1, 0.15) is 6.92 Å². The molecule has 0 atom stereocenters. The van der Waals surface area contributed by atoms with E-state index < -0.39 is 0 Å². The Balaban J connectivity index is -0.00000000333. The number of hydrogen-bond donors (Lipinski definition) is 0. The van der Waals surface area contributed by atoms with Crippen LogP contribution in [0.4, 0.5) is 0 Å². The maximum atomic E-state index is 8.93. The van der Waals surface area contributed by atoms with E-state index in [4.69, 9.17) is 5.11 Å². The summed E-state index contributed by atoms with van der Waals surface area (Å²) < 4.78 is 0. The molecule has 0 rings (SSSR count). The van der Waals surface area contributed by atoms with Gasteiger partial charge in [0, 0.05) is 0 Å². The molecule has 34 valence electrons. The van der Waals surface area contributed by atoms with E-state index in [-0.39, 0.29) is 66.9 Å². The van der Waals surface area contributed by atoms with E-state index >= 15 is 0 Å². The zero-order valence-electron chi connectivity index (χ0n) is 4.88. The van der Waals surface area contributed by atoms with Crippen LogP contribution in [0, 0.1) is 0 Å². The molecule has 5 heteroatoms. The predicted molar refractivity (Wildman–Crippen MR) is 11.2 cm³/mol. The standard InChI is InChI=1S/C2H5O.Fe.2Li.O/c1-2-3;;;;/h2H2,1H3;;;;/q-1;+2;2*+1;-2. The average Bonchev–Trinajstić information content (AvgIpc) is 0.918. The summed E-state index contributed by atoms with van der Waals surface area (Å²) in [5, 5.41) is 8.93. The third-order valence-corrected chi connectivity index (χ3v) is 0. The van der Waals surface area contributed by atoms with Crippen LogP contribution in [0.3, 0.4) is 0 Å². The summed E-state index contributed by atoms with van der Waals surface area (Å²) in [5.41, 5.74) is 0. The molecule has 2 nitrogen and oxygen atoms in total. The van der Waals surface area contributed by atoms with Gasteiger partial charge in [-0.05, 0) is 0 Å². The van der Waals surface area contributed by atoms with Gasteiger partial charge in [-0.3, -0.25) is 0 Å². The molecule has 0 aliphatic rings. The summed E-state index contributed by atoms with van der Waals surface area (Å²) >= 11 is 0. The fourth-order valence-corrected chi connectivity index (χ4v) is 0. The van der Waals surface area contributed by atoms with Gasteiger partial charge in [0.25, 0.3) is 0 Å². The monoisotopic (exact) mass is 131 g/mol. The Bertz CT molecular complexity index is 13.7. The molecule has 0 aliphatic carbocycles. The van der Waals surface area contributed by atoms with Gasteiger partial charge >= 0.3 is 54.8 Å². The maximum absolute atomic E-state index is 8.93. The maximum Gasteiger partial charge on any atom is 2.00 e. The van der Waals surface area contributed by atoms with Gasteiger partial charge in [0.15, 0.2) is 0 Å². The minimum Gasteiger partial charge on any atom is -2.00 e. The van der Waals surface area contributed by atoms with Crippen molar-refractivity contribution in [2.75, 3.05) is 6.61 Å². The van der Waals surface area contributed by atoms with Crippen LogP contribution in [-0.2, 0) is 22.5 Å². The molecule has 0 saturated carbocycles. The molecule has 0 aromatic carbocycles. The van der Waals surface area contributed by atoms with Crippen LogP contribution in [-0.4, -0.2) is 6.61 Å². The second-order valence-corrected chi connectivity index (χ2v) is 0.289. The Morgan fingerprint density at radius 1 is 1.29 bits per heavy atom. The molecular weight excluding hydrogens is 126 g/mol. The van der Waals surface area contributed by atoms with Gasteiger partial charge in [0.05, 0.1) is 0 Å². The molecule has 0 aliphatic heterocycles. The van der Waals surface area contributed by atoms with Gasteiger partial charge in [0.2, 0.25) is 0 Å². The molecule has 0 N–H and O–H groups in total. The average molecular weight is 131 g/mol. The Hall–Kier alpha value is 1.63. The molecule has 0 aromatic heterocycles. The van der Waals surface area contributed by atoms with E-state index in [0.717, 1.165) is 0 Å². The molecule has 0 spiro atoms. The normalized spacial score (nSPS) is 2.57. The van der Waals surface area contributed by atoms with Crippen LogP contribution in [0.5, 0.6) is 0 Å². The molecule has 0 aromatic rings. The Labute approximate surface area is 78.6 Å². The molecule has 0 unspecified atom stereocenters. The summed E-state index contributed by atoms with van der Waals surface area (Å²) in [6.45, 7) is 1.57. The van der Waals surface area contributed by atoms with Gasteiger partial charge in [-0.25, -0.2) is 0 Å². The van der Waals surface area contributed by atoms with Gasteiger partial charge in [0.1, 0.15) is 0 Å². The van der Waals surface area contributed by atoms with Crippen molar-refractivity contribution in [1.29, 1.82) is 0 Å². The smallest absolute Gasteiger partial charge is 2.00 e. The van der Waals surface area contributed by atoms with Crippen molar-refractivity contribution in [2.24, 2.45) is 0 Å². The van der Waals surface area contributed by atoms with Crippen molar-refractivity contribution in [2.45, 2.75) is 6.92 Å². The molecule has 0 amide bonds. The van der Waals surface area contributed by atoms with Crippen molar-refractivity contribution in [3.8, 4) is 0 Å². The summed E-state index contributed by atoms with van der Waals surface area (Å²) in [5.74, 6) is 0. The molecule has 0 saturated heterocycles. The first-order valence-electron chi connectivity index (χ1n) is 0.996. The van der Waals surface area contributed by atoms with Crippen molar-refractivity contribution in [3.63, 3.8) is 0 Å². The van der Waals surface area contributed by atoms with Crippen LogP contribution in [0.2, 0.25) is 0 Å². The van der Waals surface area contributed by atoms with Gasteiger partial charge in [-0.2, -0.15) is 0 Å². The first kappa shape index (κ1) is 38.1. The van der Waals surface area contributed by atoms with E-state index in [1.807, 2.05) is 0 Å². The molecular formula is C2H5FeLi2O2+. The van der Waals surface area contributed by atoms with E-state index in [1.54, 1.807) is 6.92 Å². The van der Waals surface area contributed by atoms with Crippen LogP contribution in [0.15, 0.2) is 0 Å². The topological polar surface area (TPSA) is 51.6 Å². The summed E-state index contributed by atoms with van der Waals surface area (Å²) in [6.07, 6.45) is 0. The summed E-state index contributed by atoms with van der Waals surface area (Å²) in [4.78, 5) is 0. The third-order valence-electron chi connectivity index (χ3n) is 0. The van der Waals surface area contributed by atoms with Gasteiger partial charge in [-0.15, -0.1) is 6.61 Å². The second-order valence-electron chi connectivity index (χ2n) is 0.289.